The second kappa shape index (κ2) is 4.89. The predicted octanol–water partition coefficient (Wildman–Crippen LogP) is 0.237. The van der Waals surface area contributed by atoms with E-state index in [1.807, 2.05) is 0 Å². The highest BCUT2D eigenvalue weighted by atomic mass is 16.4. The Hall–Kier alpha value is -2.08. The Labute approximate surface area is 110 Å². The Morgan fingerprint density at radius 1 is 1.42 bits per heavy atom. The molecule has 0 unspecified atom stereocenters. The van der Waals surface area contributed by atoms with Crippen molar-refractivity contribution in [3.8, 4) is 0 Å². The molecule has 19 heavy (non-hydrogen) atoms. The molecule has 1 fully saturated rings. The molecule has 1 saturated heterocycles. The first-order valence-corrected chi connectivity index (χ1v) is 5.98. The molecule has 1 aromatic rings. The molecule has 1 aliphatic heterocycles. The number of carboxylic acids is 1. The van der Waals surface area contributed by atoms with Crippen LogP contribution in [0.15, 0.2) is 18.2 Å². The van der Waals surface area contributed by atoms with E-state index in [2.05, 4.69) is 0 Å². The zero-order valence-corrected chi connectivity index (χ0v) is 10.5. The van der Waals surface area contributed by atoms with Crippen LogP contribution in [0.5, 0.6) is 0 Å². The zero-order valence-electron chi connectivity index (χ0n) is 10.5. The lowest BCUT2D eigenvalue weighted by atomic mass is 10.1. The molecule has 1 aliphatic rings. The Morgan fingerprint density at radius 3 is 2.74 bits per heavy atom. The lowest BCUT2D eigenvalue weighted by Gasteiger charge is -2.22. The fourth-order valence-corrected chi connectivity index (χ4v) is 2.31. The first kappa shape index (κ1) is 13.4. The van der Waals surface area contributed by atoms with Gasteiger partial charge in [0.15, 0.2) is 0 Å². The Bertz CT molecular complexity index is 529. The summed E-state index contributed by atoms with van der Waals surface area (Å²) in [7, 11) is 0. The normalized spacial score (nSPS) is 22.5. The number of rotatable bonds is 2. The largest absolute Gasteiger partial charge is 0.480 e. The van der Waals surface area contributed by atoms with E-state index < -0.39 is 24.0 Å². The second-order valence-corrected chi connectivity index (χ2v) is 4.72. The van der Waals surface area contributed by atoms with Crippen LogP contribution in [-0.2, 0) is 4.79 Å². The van der Waals surface area contributed by atoms with Gasteiger partial charge in [0.05, 0.1) is 6.10 Å². The molecule has 0 aromatic heterocycles. The van der Waals surface area contributed by atoms with E-state index in [1.54, 1.807) is 25.1 Å². The summed E-state index contributed by atoms with van der Waals surface area (Å²) in [6.07, 6.45) is -0.742. The minimum absolute atomic E-state index is 0.0318. The van der Waals surface area contributed by atoms with Gasteiger partial charge in [-0.1, -0.05) is 6.07 Å². The van der Waals surface area contributed by atoms with Crippen molar-refractivity contribution >= 4 is 17.6 Å². The number of carbonyl (C=O) groups is 2. The summed E-state index contributed by atoms with van der Waals surface area (Å²) >= 11 is 0. The van der Waals surface area contributed by atoms with Crippen LogP contribution in [0.4, 0.5) is 5.69 Å². The molecule has 1 amide bonds. The zero-order chi connectivity index (χ0) is 14.2. The molecule has 4 N–H and O–H groups in total. The number of anilines is 1. The molecule has 1 aromatic carbocycles. The summed E-state index contributed by atoms with van der Waals surface area (Å²) in [4.78, 5) is 24.7. The van der Waals surface area contributed by atoms with Crippen LogP contribution in [0.1, 0.15) is 22.3 Å². The van der Waals surface area contributed by atoms with Crippen molar-refractivity contribution in [3.05, 3.63) is 29.3 Å². The van der Waals surface area contributed by atoms with Crippen molar-refractivity contribution in [2.45, 2.75) is 25.5 Å². The minimum atomic E-state index is -1.11. The second-order valence-electron chi connectivity index (χ2n) is 4.72. The molecule has 0 aliphatic carbocycles. The summed E-state index contributed by atoms with van der Waals surface area (Å²) in [5.41, 5.74) is 7.22. The van der Waals surface area contributed by atoms with E-state index >= 15 is 0 Å². The third-order valence-electron chi connectivity index (χ3n) is 3.43. The first-order valence-electron chi connectivity index (χ1n) is 5.98. The van der Waals surface area contributed by atoms with E-state index in [9.17, 15) is 14.7 Å². The Morgan fingerprint density at radius 2 is 2.11 bits per heavy atom. The maximum absolute atomic E-state index is 12.4. The SMILES string of the molecule is Cc1c(N)cccc1C(=O)N1C[C@@H](O)C[C@H]1C(=O)O. The summed E-state index contributed by atoms with van der Waals surface area (Å²) in [6.45, 7) is 1.74. The number of aliphatic hydroxyl groups excluding tert-OH is 1. The number of hydrogen-bond donors (Lipinski definition) is 3. The van der Waals surface area contributed by atoms with Crippen molar-refractivity contribution in [3.63, 3.8) is 0 Å². The Balaban J connectivity index is 2.33. The van der Waals surface area contributed by atoms with Crippen molar-refractivity contribution < 1.29 is 19.8 Å². The van der Waals surface area contributed by atoms with Crippen molar-refractivity contribution in [1.82, 2.24) is 4.90 Å². The van der Waals surface area contributed by atoms with E-state index in [4.69, 9.17) is 10.8 Å². The number of carbonyl (C=O) groups excluding carboxylic acids is 1. The van der Waals surface area contributed by atoms with Gasteiger partial charge >= 0.3 is 5.97 Å². The number of hydrogen-bond acceptors (Lipinski definition) is 4. The van der Waals surface area contributed by atoms with Gasteiger partial charge in [-0.2, -0.15) is 0 Å². The monoisotopic (exact) mass is 264 g/mol. The maximum Gasteiger partial charge on any atom is 0.326 e. The lowest BCUT2D eigenvalue weighted by Crippen LogP contribution is -2.40. The third-order valence-corrected chi connectivity index (χ3v) is 3.43. The van der Waals surface area contributed by atoms with E-state index in [1.165, 1.54) is 4.90 Å². The molecule has 1 heterocycles. The third kappa shape index (κ3) is 2.39. The van der Waals surface area contributed by atoms with Crippen molar-refractivity contribution in [2.75, 3.05) is 12.3 Å². The quantitative estimate of drug-likeness (QED) is 0.664. The van der Waals surface area contributed by atoms with Gasteiger partial charge in [0.2, 0.25) is 0 Å². The number of carboxylic acid groups (broad SMARTS) is 1. The molecule has 0 radical (unpaired) electrons. The van der Waals surface area contributed by atoms with Gasteiger partial charge in [-0.3, -0.25) is 4.79 Å². The summed E-state index contributed by atoms with van der Waals surface area (Å²) in [6, 6.07) is 3.96. The minimum Gasteiger partial charge on any atom is -0.480 e. The molecule has 6 nitrogen and oxygen atoms in total. The standard InChI is InChI=1S/C13H16N2O4/c1-7-9(3-2-4-10(7)14)12(17)15-6-8(16)5-11(15)13(18)19/h2-4,8,11,16H,5-6,14H2,1H3,(H,18,19)/t8-,11-/m0/s1. The lowest BCUT2D eigenvalue weighted by molar-refractivity contribution is -0.141. The number of nitrogens with two attached hydrogens (primary N) is 1. The van der Waals surface area contributed by atoms with E-state index in [0.717, 1.165) is 0 Å². The molecular weight excluding hydrogens is 248 g/mol. The number of β-amino-alcohol motifs (C(OH)–C–C–N with tert-alkyl or cyclic N) is 1. The first-order chi connectivity index (χ1) is 8.91. The Kier molecular flexibility index (Phi) is 3.44. The van der Waals surface area contributed by atoms with Crippen molar-refractivity contribution in [1.29, 1.82) is 0 Å². The predicted molar refractivity (Wildman–Crippen MR) is 68.7 cm³/mol. The average molecular weight is 264 g/mol. The van der Waals surface area contributed by atoms with Gasteiger partial charge in [0, 0.05) is 24.2 Å². The summed E-state index contributed by atoms with van der Waals surface area (Å²) in [5, 5.41) is 18.6. The van der Waals surface area contributed by atoms with Crippen LogP contribution in [-0.4, -0.2) is 45.7 Å². The summed E-state index contributed by atoms with van der Waals surface area (Å²) < 4.78 is 0. The van der Waals surface area contributed by atoms with Crippen LogP contribution in [0, 0.1) is 6.92 Å². The number of aliphatic carboxylic acids is 1. The number of likely N-dealkylation sites (tertiary alicyclic amines) is 1. The highest BCUT2D eigenvalue weighted by molar-refractivity contribution is 5.99. The van der Waals surface area contributed by atoms with Crippen LogP contribution >= 0.6 is 0 Å². The number of nitrogen functional groups attached to an aromatic ring is 1. The van der Waals surface area contributed by atoms with Gasteiger partial charge in [-0.25, -0.2) is 4.79 Å². The van der Waals surface area contributed by atoms with Gasteiger partial charge in [-0.15, -0.1) is 0 Å². The molecule has 0 bridgehead atoms. The smallest absolute Gasteiger partial charge is 0.326 e. The summed E-state index contributed by atoms with van der Waals surface area (Å²) in [5.74, 6) is -1.51. The van der Waals surface area contributed by atoms with Gasteiger partial charge < -0.3 is 20.8 Å². The molecule has 102 valence electrons. The number of benzene rings is 1. The van der Waals surface area contributed by atoms with Gasteiger partial charge in [0.1, 0.15) is 6.04 Å². The molecule has 2 rings (SSSR count). The number of nitrogens with zero attached hydrogens (tertiary/aromatic N) is 1. The molecule has 0 saturated carbocycles. The van der Waals surface area contributed by atoms with Crippen LogP contribution < -0.4 is 5.73 Å². The van der Waals surface area contributed by atoms with Crippen LogP contribution in [0.2, 0.25) is 0 Å². The topological polar surface area (TPSA) is 104 Å². The molecule has 6 heteroatoms. The van der Waals surface area contributed by atoms with Crippen LogP contribution in [0.25, 0.3) is 0 Å². The highest BCUT2D eigenvalue weighted by Crippen LogP contribution is 2.24. The molecule has 0 spiro atoms. The fraction of sp³-hybridized carbons (Fsp3) is 0.385. The fourth-order valence-electron chi connectivity index (χ4n) is 2.31. The number of amides is 1. The van der Waals surface area contributed by atoms with E-state index in [0.29, 0.717) is 16.8 Å². The maximum atomic E-state index is 12.4. The average Bonchev–Trinajstić information content (AvgIpc) is 2.74. The highest BCUT2D eigenvalue weighted by Gasteiger charge is 2.39. The molecular formula is C13H16N2O4. The van der Waals surface area contributed by atoms with Gasteiger partial charge in [-0.05, 0) is 24.6 Å². The number of aliphatic hydroxyl groups is 1. The van der Waals surface area contributed by atoms with Crippen molar-refractivity contribution in [2.24, 2.45) is 0 Å². The molecule has 2 atom stereocenters. The van der Waals surface area contributed by atoms with E-state index in [-0.39, 0.29) is 13.0 Å². The van der Waals surface area contributed by atoms with Crippen LogP contribution in [0.3, 0.4) is 0 Å². The van der Waals surface area contributed by atoms with Gasteiger partial charge in [0.25, 0.3) is 5.91 Å².